The van der Waals surface area contributed by atoms with Gasteiger partial charge in [0.15, 0.2) is 0 Å². The van der Waals surface area contributed by atoms with Crippen LogP contribution in [0.15, 0.2) is 23.4 Å². The predicted molar refractivity (Wildman–Crippen MR) is 65.5 cm³/mol. The lowest BCUT2D eigenvalue weighted by Crippen LogP contribution is -2.26. The van der Waals surface area contributed by atoms with Crippen LogP contribution in [0.5, 0.6) is 0 Å². The van der Waals surface area contributed by atoms with Gasteiger partial charge in [0.2, 0.25) is 10.0 Å². The normalized spacial score (nSPS) is 11.4. The minimum Gasteiger partial charge on any atom is -0.387 e. The lowest BCUT2D eigenvalue weighted by Gasteiger charge is -2.10. The summed E-state index contributed by atoms with van der Waals surface area (Å²) < 4.78 is 31.2. The molecule has 0 fully saturated rings. The molecule has 1 rings (SSSR count). The number of methoxy groups -OCH3 is 1. The molecule has 0 radical (unpaired) electrons. The number of pyridine rings is 1. The molecular weight excluding hydrogens is 242 g/mol. The van der Waals surface area contributed by atoms with Crippen molar-refractivity contribution in [2.45, 2.75) is 11.3 Å². The summed E-state index contributed by atoms with van der Waals surface area (Å²) in [5, 5.41) is 2.82. The van der Waals surface area contributed by atoms with E-state index in [2.05, 4.69) is 15.0 Å². The zero-order valence-electron chi connectivity index (χ0n) is 9.93. The van der Waals surface area contributed by atoms with E-state index in [1.165, 1.54) is 12.4 Å². The van der Waals surface area contributed by atoms with Gasteiger partial charge in [-0.2, -0.15) is 0 Å². The van der Waals surface area contributed by atoms with Gasteiger partial charge in [-0.3, -0.25) is 4.98 Å². The molecule has 7 heteroatoms. The Labute approximate surface area is 101 Å². The van der Waals surface area contributed by atoms with Crippen LogP contribution in [-0.2, 0) is 14.8 Å². The van der Waals surface area contributed by atoms with Crippen molar-refractivity contribution in [1.82, 2.24) is 9.71 Å². The Balaban J connectivity index is 2.75. The smallest absolute Gasteiger partial charge is 0.244 e. The Morgan fingerprint density at radius 2 is 2.24 bits per heavy atom. The average molecular weight is 259 g/mol. The molecule has 0 aliphatic heterocycles. The molecule has 0 bridgehead atoms. The van der Waals surface area contributed by atoms with Crippen LogP contribution in [0, 0.1) is 0 Å². The second kappa shape index (κ2) is 6.53. The lowest BCUT2D eigenvalue weighted by molar-refractivity contribution is 0.196. The van der Waals surface area contributed by atoms with Crippen LogP contribution in [0.1, 0.15) is 6.42 Å². The predicted octanol–water partition coefficient (Wildman–Crippen LogP) is 0.438. The third-order valence-electron chi connectivity index (χ3n) is 2.16. The summed E-state index contributed by atoms with van der Waals surface area (Å²) in [7, 11) is -0.270. The summed E-state index contributed by atoms with van der Waals surface area (Å²) in [6, 6.07) is 1.61. The van der Waals surface area contributed by atoms with Crippen LogP contribution >= 0.6 is 0 Å². The molecule has 0 atom stereocenters. The first-order valence-corrected chi connectivity index (χ1v) is 6.70. The molecule has 0 saturated carbocycles. The third kappa shape index (κ3) is 3.95. The van der Waals surface area contributed by atoms with Crippen molar-refractivity contribution < 1.29 is 13.2 Å². The van der Waals surface area contributed by atoms with Gasteiger partial charge in [-0.1, -0.05) is 0 Å². The fourth-order valence-corrected chi connectivity index (χ4v) is 2.53. The number of ether oxygens (including phenoxy) is 1. The van der Waals surface area contributed by atoms with Crippen molar-refractivity contribution in [3.05, 3.63) is 18.5 Å². The van der Waals surface area contributed by atoms with Gasteiger partial charge in [0.05, 0.1) is 5.69 Å². The van der Waals surface area contributed by atoms with Crippen molar-refractivity contribution in [2.75, 3.05) is 32.6 Å². The van der Waals surface area contributed by atoms with E-state index >= 15 is 0 Å². The highest BCUT2D eigenvalue weighted by Crippen LogP contribution is 2.18. The molecular formula is C10H17N3O3S. The fraction of sp³-hybridized carbons (Fsp3) is 0.500. The number of anilines is 1. The Bertz CT molecular complexity index is 448. The van der Waals surface area contributed by atoms with E-state index in [1.54, 1.807) is 20.2 Å². The van der Waals surface area contributed by atoms with Gasteiger partial charge in [0.25, 0.3) is 0 Å². The zero-order valence-corrected chi connectivity index (χ0v) is 10.8. The van der Waals surface area contributed by atoms with Crippen LogP contribution in [0.4, 0.5) is 5.69 Å². The molecule has 0 aromatic carbocycles. The number of aromatic nitrogens is 1. The first kappa shape index (κ1) is 13.9. The standard InChI is InChI=1S/C10H17N3O3S/c1-11-9-4-6-12-8-10(9)17(14,15)13-5-3-7-16-2/h4,6,8,13H,3,5,7H2,1-2H3,(H,11,12). The summed E-state index contributed by atoms with van der Waals surface area (Å²) in [6.45, 7) is 0.864. The maximum absolute atomic E-state index is 11.9. The van der Waals surface area contributed by atoms with Crippen LogP contribution in [-0.4, -0.2) is 40.7 Å². The van der Waals surface area contributed by atoms with E-state index in [0.29, 0.717) is 25.3 Å². The van der Waals surface area contributed by atoms with Crippen LogP contribution < -0.4 is 10.0 Å². The zero-order chi connectivity index (χ0) is 12.7. The summed E-state index contributed by atoms with van der Waals surface area (Å²) in [4.78, 5) is 3.97. The van der Waals surface area contributed by atoms with Crippen molar-refractivity contribution in [3.8, 4) is 0 Å². The first-order chi connectivity index (χ1) is 8.11. The maximum Gasteiger partial charge on any atom is 0.244 e. The third-order valence-corrected chi connectivity index (χ3v) is 3.65. The molecule has 0 amide bonds. The molecule has 17 heavy (non-hydrogen) atoms. The molecule has 0 spiro atoms. The molecule has 0 aliphatic carbocycles. The Morgan fingerprint density at radius 3 is 2.88 bits per heavy atom. The Kier molecular flexibility index (Phi) is 5.33. The second-order valence-electron chi connectivity index (χ2n) is 3.37. The van der Waals surface area contributed by atoms with E-state index < -0.39 is 10.0 Å². The minimum absolute atomic E-state index is 0.153. The van der Waals surface area contributed by atoms with Gasteiger partial charge in [-0.05, 0) is 12.5 Å². The quantitative estimate of drug-likeness (QED) is 0.694. The topological polar surface area (TPSA) is 80.3 Å². The van der Waals surface area contributed by atoms with E-state index in [0.717, 1.165) is 0 Å². The molecule has 6 nitrogen and oxygen atoms in total. The van der Waals surface area contributed by atoms with Crippen molar-refractivity contribution in [3.63, 3.8) is 0 Å². The summed E-state index contributed by atoms with van der Waals surface area (Å²) >= 11 is 0. The highest BCUT2D eigenvalue weighted by atomic mass is 32.2. The van der Waals surface area contributed by atoms with E-state index in [1.807, 2.05) is 0 Å². The average Bonchev–Trinajstić information content (AvgIpc) is 2.34. The lowest BCUT2D eigenvalue weighted by atomic mass is 10.4. The van der Waals surface area contributed by atoms with Crippen molar-refractivity contribution in [1.29, 1.82) is 0 Å². The molecule has 1 aromatic heterocycles. The van der Waals surface area contributed by atoms with Crippen molar-refractivity contribution >= 4 is 15.7 Å². The number of sulfonamides is 1. The minimum atomic E-state index is -3.51. The highest BCUT2D eigenvalue weighted by molar-refractivity contribution is 7.89. The molecule has 0 saturated heterocycles. The van der Waals surface area contributed by atoms with Gasteiger partial charge in [0, 0.05) is 39.7 Å². The Morgan fingerprint density at radius 1 is 1.47 bits per heavy atom. The molecule has 1 heterocycles. The van der Waals surface area contributed by atoms with Gasteiger partial charge < -0.3 is 10.1 Å². The first-order valence-electron chi connectivity index (χ1n) is 5.22. The van der Waals surface area contributed by atoms with Gasteiger partial charge >= 0.3 is 0 Å². The number of hydrogen-bond acceptors (Lipinski definition) is 5. The maximum atomic E-state index is 11.9. The van der Waals surface area contributed by atoms with Crippen LogP contribution in [0.3, 0.4) is 0 Å². The van der Waals surface area contributed by atoms with E-state index in [4.69, 9.17) is 4.74 Å². The molecule has 96 valence electrons. The second-order valence-corrected chi connectivity index (χ2v) is 5.10. The number of nitrogens with one attached hydrogen (secondary N) is 2. The Hall–Kier alpha value is -1.18. The summed E-state index contributed by atoms with van der Waals surface area (Å²) in [6.07, 6.45) is 3.49. The molecule has 0 aliphatic rings. The van der Waals surface area contributed by atoms with Gasteiger partial charge in [-0.15, -0.1) is 0 Å². The molecule has 2 N–H and O–H groups in total. The SMILES string of the molecule is CNc1ccncc1S(=O)(=O)NCCCOC. The van der Waals surface area contributed by atoms with Crippen LogP contribution in [0.2, 0.25) is 0 Å². The van der Waals surface area contributed by atoms with Crippen LogP contribution in [0.25, 0.3) is 0 Å². The number of hydrogen-bond donors (Lipinski definition) is 2. The monoisotopic (exact) mass is 259 g/mol. The molecule has 0 unspecified atom stereocenters. The fourth-order valence-electron chi connectivity index (χ4n) is 1.30. The van der Waals surface area contributed by atoms with E-state index in [-0.39, 0.29) is 4.90 Å². The highest BCUT2D eigenvalue weighted by Gasteiger charge is 2.17. The van der Waals surface area contributed by atoms with E-state index in [9.17, 15) is 8.42 Å². The summed E-state index contributed by atoms with van der Waals surface area (Å²) in [5.74, 6) is 0. The van der Waals surface area contributed by atoms with Gasteiger partial charge in [0.1, 0.15) is 4.90 Å². The molecule has 1 aromatic rings. The van der Waals surface area contributed by atoms with Gasteiger partial charge in [-0.25, -0.2) is 13.1 Å². The summed E-state index contributed by atoms with van der Waals surface area (Å²) in [5.41, 5.74) is 0.527. The number of nitrogens with zero attached hydrogens (tertiary/aromatic N) is 1. The van der Waals surface area contributed by atoms with Crippen molar-refractivity contribution in [2.24, 2.45) is 0 Å². The largest absolute Gasteiger partial charge is 0.387 e. The number of rotatable bonds is 7.